The Morgan fingerprint density at radius 2 is 1.95 bits per heavy atom. The molecule has 1 aromatic heterocycles. The van der Waals surface area contributed by atoms with Crippen molar-refractivity contribution in [3.05, 3.63) is 45.7 Å². The Morgan fingerprint density at radius 3 is 2.63 bits per heavy atom. The predicted octanol–water partition coefficient (Wildman–Crippen LogP) is 2.81. The molecule has 0 radical (unpaired) electrons. The lowest BCUT2D eigenvalue weighted by atomic mass is 10.3. The van der Waals surface area contributed by atoms with E-state index < -0.39 is 10.0 Å². The van der Waals surface area contributed by atoms with Crippen LogP contribution < -0.4 is 10.5 Å². The van der Waals surface area contributed by atoms with Crippen LogP contribution in [0.4, 0.5) is 5.69 Å². The number of nitrogens with one attached hydrogen (secondary N) is 1. The van der Waals surface area contributed by atoms with E-state index in [1.165, 1.54) is 11.3 Å². The van der Waals surface area contributed by atoms with E-state index in [9.17, 15) is 8.42 Å². The van der Waals surface area contributed by atoms with Crippen LogP contribution >= 0.6 is 27.3 Å². The number of hydrogen-bond donors (Lipinski definition) is 2. The standard InChI is InChI=1S/C12H13BrN2O2S2/c13-10-3-1-2-4-11(10)15-19(16,17)12-6-5-9(18-12)7-8-14/h1-6,15H,7-8,14H2. The fourth-order valence-electron chi connectivity index (χ4n) is 1.52. The van der Waals surface area contributed by atoms with Gasteiger partial charge < -0.3 is 5.73 Å². The molecule has 4 nitrogen and oxygen atoms in total. The highest BCUT2D eigenvalue weighted by Crippen LogP contribution is 2.27. The van der Waals surface area contributed by atoms with Crippen molar-refractivity contribution in [1.29, 1.82) is 0 Å². The van der Waals surface area contributed by atoms with Crippen LogP contribution in [-0.2, 0) is 16.4 Å². The van der Waals surface area contributed by atoms with Gasteiger partial charge in [0.05, 0.1) is 5.69 Å². The van der Waals surface area contributed by atoms with Gasteiger partial charge in [0.2, 0.25) is 0 Å². The van der Waals surface area contributed by atoms with Crippen LogP contribution in [0.25, 0.3) is 0 Å². The van der Waals surface area contributed by atoms with Gasteiger partial charge in [0, 0.05) is 9.35 Å². The summed E-state index contributed by atoms with van der Waals surface area (Å²) < 4.78 is 28.0. The predicted molar refractivity (Wildman–Crippen MR) is 82.0 cm³/mol. The number of anilines is 1. The van der Waals surface area contributed by atoms with E-state index in [4.69, 9.17) is 5.73 Å². The van der Waals surface area contributed by atoms with Crippen LogP contribution in [0.15, 0.2) is 45.1 Å². The first-order valence-electron chi connectivity index (χ1n) is 5.59. The number of benzene rings is 1. The van der Waals surface area contributed by atoms with Crippen molar-refractivity contribution in [2.45, 2.75) is 10.6 Å². The molecule has 0 atom stereocenters. The van der Waals surface area contributed by atoms with Crippen molar-refractivity contribution < 1.29 is 8.42 Å². The zero-order valence-corrected chi connectivity index (χ0v) is 13.2. The summed E-state index contributed by atoms with van der Waals surface area (Å²) in [5.41, 5.74) is 5.98. The normalized spacial score (nSPS) is 11.5. The molecule has 1 heterocycles. The molecular formula is C12H13BrN2O2S2. The van der Waals surface area contributed by atoms with Gasteiger partial charge in [-0.05, 0) is 53.2 Å². The van der Waals surface area contributed by atoms with Gasteiger partial charge in [0.1, 0.15) is 4.21 Å². The van der Waals surface area contributed by atoms with Gasteiger partial charge >= 0.3 is 0 Å². The molecule has 2 rings (SSSR count). The highest BCUT2D eigenvalue weighted by molar-refractivity contribution is 9.10. The second kappa shape index (κ2) is 6.04. The first-order valence-corrected chi connectivity index (χ1v) is 8.68. The van der Waals surface area contributed by atoms with E-state index in [2.05, 4.69) is 20.7 Å². The van der Waals surface area contributed by atoms with Gasteiger partial charge in [-0.1, -0.05) is 12.1 Å². The summed E-state index contributed by atoms with van der Waals surface area (Å²) in [6.45, 7) is 0.512. The molecule has 0 saturated heterocycles. The maximum Gasteiger partial charge on any atom is 0.271 e. The molecule has 0 fully saturated rings. The topological polar surface area (TPSA) is 72.2 Å². The third kappa shape index (κ3) is 3.56. The van der Waals surface area contributed by atoms with Crippen LogP contribution in [0, 0.1) is 0 Å². The minimum atomic E-state index is -3.54. The zero-order valence-electron chi connectivity index (χ0n) is 9.97. The Kier molecular flexibility index (Phi) is 4.62. The quantitative estimate of drug-likeness (QED) is 0.860. The molecule has 0 unspecified atom stereocenters. The van der Waals surface area contributed by atoms with Crippen LogP contribution in [0.5, 0.6) is 0 Å². The number of hydrogen-bond acceptors (Lipinski definition) is 4. The van der Waals surface area contributed by atoms with Gasteiger partial charge in [-0.2, -0.15) is 0 Å². The highest BCUT2D eigenvalue weighted by atomic mass is 79.9. The fraction of sp³-hybridized carbons (Fsp3) is 0.167. The van der Waals surface area contributed by atoms with Crippen molar-refractivity contribution >= 4 is 43.0 Å². The maximum absolute atomic E-state index is 12.2. The van der Waals surface area contributed by atoms with Gasteiger partial charge in [-0.3, -0.25) is 4.72 Å². The maximum atomic E-state index is 12.2. The molecule has 3 N–H and O–H groups in total. The van der Waals surface area contributed by atoms with E-state index in [1.54, 1.807) is 30.3 Å². The largest absolute Gasteiger partial charge is 0.330 e. The van der Waals surface area contributed by atoms with Crippen molar-refractivity contribution in [1.82, 2.24) is 0 Å². The lowest BCUT2D eigenvalue weighted by Gasteiger charge is -2.07. The fourth-order valence-corrected chi connectivity index (χ4v) is 4.48. The summed E-state index contributed by atoms with van der Waals surface area (Å²) >= 11 is 4.56. The van der Waals surface area contributed by atoms with Crippen molar-refractivity contribution in [2.24, 2.45) is 5.73 Å². The molecule has 102 valence electrons. The van der Waals surface area contributed by atoms with Gasteiger partial charge in [-0.15, -0.1) is 11.3 Å². The highest BCUT2D eigenvalue weighted by Gasteiger charge is 2.17. The van der Waals surface area contributed by atoms with Gasteiger partial charge in [0.15, 0.2) is 0 Å². The Labute approximate surface area is 124 Å². The van der Waals surface area contributed by atoms with Crippen molar-refractivity contribution in [3.63, 3.8) is 0 Å². The van der Waals surface area contributed by atoms with E-state index in [1.807, 2.05) is 6.07 Å². The van der Waals surface area contributed by atoms with Crippen molar-refractivity contribution in [3.8, 4) is 0 Å². The average Bonchev–Trinajstić information content (AvgIpc) is 2.82. The van der Waals surface area contributed by atoms with E-state index in [0.717, 1.165) is 4.88 Å². The summed E-state index contributed by atoms with van der Waals surface area (Å²) in [5, 5.41) is 0. The molecule has 0 bridgehead atoms. The summed E-state index contributed by atoms with van der Waals surface area (Å²) in [7, 11) is -3.54. The Balaban J connectivity index is 2.25. The SMILES string of the molecule is NCCc1ccc(S(=O)(=O)Nc2ccccc2Br)s1. The van der Waals surface area contributed by atoms with Crippen LogP contribution in [-0.4, -0.2) is 15.0 Å². The minimum absolute atomic E-state index is 0.298. The molecule has 0 spiro atoms. The van der Waals surface area contributed by atoms with Gasteiger partial charge in [-0.25, -0.2) is 8.42 Å². The monoisotopic (exact) mass is 360 g/mol. The van der Waals surface area contributed by atoms with Crippen LogP contribution in [0.3, 0.4) is 0 Å². The molecule has 1 aromatic carbocycles. The van der Waals surface area contributed by atoms with Gasteiger partial charge in [0.25, 0.3) is 10.0 Å². The van der Waals surface area contributed by atoms with Crippen LogP contribution in [0.2, 0.25) is 0 Å². The second-order valence-electron chi connectivity index (χ2n) is 3.84. The molecule has 7 heteroatoms. The third-order valence-electron chi connectivity index (χ3n) is 2.41. The molecule has 0 aliphatic carbocycles. The van der Waals surface area contributed by atoms with E-state index in [0.29, 0.717) is 27.3 Å². The Bertz CT molecular complexity index is 668. The van der Waals surface area contributed by atoms with Crippen LogP contribution in [0.1, 0.15) is 4.88 Å². The molecule has 2 aromatic rings. The van der Waals surface area contributed by atoms with E-state index >= 15 is 0 Å². The number of thiophene rings is 1. The van der Waals surface area contributed by atoms with E-state index in [-0.39, 0.29) is 0 Å². The molecule has 0 saturated carbocycles. The smallest absolute Gasteiger partial charge is 0.271 e. The molecule has 0 aliphatic rings. The Morgan fingerprint density at radius 1 is 1.21 bits per heavy atom. The lowest BCUT2D eigenvalue weighted by molar-refractivity contribution is 0.603. The number of nitrogens with two attached hydrogens (primary N) is 1. The summed E-state index contributed by atoms with van der Waals surface area (Å²) in [5.74, 6) is 0. The zero-order chi connectivity index (χ0) is 13.9. The number of sulfonamides is 1. The number of rotatable bonds is 5. The summed E-state index contributed by atoms with van der Waals surface area (Å²) in [4.78, 5) is 0.968. The average molecular weight is 361 g/mol. The van der Waals surface area contributed by atoms with Crippen molar-refractivity contribution in [2.75, 3.05) is 11.3 Å². The lowest BCUT2D eigenvalue weighted by Crippen LogP contribution is -2.11. The number of halogens is 1. The first kappa shape index (κ1) is 14.5. The molecular weight excluding hydrogens is 348 g/mol. The number of para-hydroxylation sites is 1. The second-order valence-corrected chi connectivity index (χ2v) is 7.78. The summed E-state index contributed by atoms with van der Waals surface area (Å²) in [6.07, 6.45) is 0.690. The molecule has 0 amide bonds. The molecule has 0 aliphatic heterocycles. The Hall–Kier alpha value is -0.890. The first-order chi connectivity index (χ1) is 9.03. The third-order valence-corrected chi connectivity index (χ3v) is 6.10. The summed E-state index contributed by atoms with van der Waals surface area (Å²) in [6, 6.07) is 10.5. The minimum Gasteiger partial charge on any atom is -0.330 e. The molecule has 19 heavy (non-hydrogen) atoms.